The van der Waals surface area contributed by atoms with Crippen LogP contribution < -0.4 is 15.5 Å². The molecule has 220 valence electrons. The molecule has 3 fully saturated rings. The lowest BCUT2D eigenvalue weighted by molar-refractivity contribution is -0.129. The molecule has 10 nitrogen and oxygen atoms in total. The van der Waals surface area contributed by atoms with Crippen molar-refractivity contribution in [2.45, 2.75) is 56.3 Å². The first-order valence-corrected chi connectivity index (χ1v) is 15.0. The Labute approximate surface area is 245 Å². The largest absolute Gasteiger partial charge is 0.391 e. The summed E-state index contributed by atoms with van der Waals surface area (Å²) in [5, 5.41) is 16.8. The van der Waals surface area contributed by atoms with Crippen molar-refractivity contribution in [3.05, 3.63) is 60.3 Å². The maximum absolute atomic E-state index is 15.9. The molecule has 8 bridgehead atoms. The van der Waals surface area contributed by atoms with Gasteiger partial charge >= 0.3 is 0 Å². The number of halogens is 1. The third-order valence-corrected chi connectivity index (χ3v) is 9.50. The lowest BCUT2D eigenvalue weighted by Crippen LogP contribution is -2.57. The van der Waals surface area contributed by atoms with Crippen LogP contribution in [0.4, 0.5) is 21.8 Å². The number of aromatic nitrogens is 3. The molecule has 1 aliphatic carbocycles. The molecule has 11 heteroatoms. The Balaban J connectivity index is 1.21. The molecule has 1 aromatic carbocycles. The Morgan fingerprint density at radius 2 is 1.83 bits per heavy atom. The van der Waals surface area contributed by atoms with Gasteiger partial charge in [0.2, 0.25) is 11.9 Å². The van der Waals surface area contributed by atoms with E-state index in [2.05, 4.69) is 35.4 Å². The van der Waals surface area contributed by atoms with Gasteiger partial charge in [-0.05, 0) is 56.4 Å². The zero-order chi connectivity index (χ0) is 28.8. The van der Waals surface area contributed by atoms with E-state index in [1.54, 1.807) is 24.7 Å². The Kier molecular flexibility index (Phi) is 7.03. The molecule has 3 N–H and O–H groups in total. The molecule has 10 rings (SSSR count). The van der Waals surface area contributed by atoms with E-state index >= 15 is 4.39 Å². The van der Waals surface area contributed by atoms with E-state index in [1.165, 1.54) is 0 Å². The van der Waals surface area contributed by atoms with E-state index in [4.69, 9.17) is 0 Å². The van der Waals surface area contributed by atoms with Crippen LogP contribution in [0.5, 0.6) is 0 Å². The molecule has 2 saturated heterocycles. The van der Waals surface area contributed by atoms with Gasteiger partial charge in [-0.3, -0.25) is 14.6 Å². The summed E-state index contributed by atoms with van der Waals surface area (Å²) in [5.41, 5.74) is 2.24. The van der Waals surface area contributed by atoms with Crippen LogP contribution in [0.1, 0.15) is 44.2 Å². The van der Waals surface area contributed by atoms with E-state index in [9.17, 15) is 9.90 Å². The number of benzene rings is 1. The van der Waals surface area contributed by atoms with E-state index < -0.39 is 11.6 Å². The highest BCUT2D eigenvalue weighted by Gasteiger charge is 2.54. The number of rotatable bonds is 0. The number of nitrogens with zero attached hydrogens (tertiary/aromatic N) is 6. The SMILES string of the molecule is CC1c2cccc(c2F)Nc2cc(ccn2)-c2cnc(nc2)N2CC(O)CC2CCNC(=O)C2(CC2)N2CCN1CC2. The maximum atomic E-state index is 15.9. The summed E-state index contributed by atoms with van der Waals surface area (Å²) in [5.74, 6) is 0.892. The zero-order valence-electron chi connectivity index (χ0n) is 23.8. The molecule has 6 aliphatic heterocycles. The van der Waals surface area contributed by atoms with Crippen LogP contribution in [-0.2, 0) is 4.79 Å². The topological polar surface area (TPSA) is 110 Å². The fraction of sp³-hybridized carbons (Fsp3) is 0.484. The second kappa shape index (κ2) is 10.9. The minimum Gasteiger partial charge on any atom is -0.391 e. The maximum Gasteiger partial charge on any atom is 0.240 e. The highest BCUT2D eigenvalue weighted by atomic mass is 19.1. The highest BCUT2D eigenvalue weighted by Crippen LogP contribution is 2.43. The molecule has 42 heavy (non-hydrogen) atoms. The Bertz CT molecular complexity index is 1460. The number of aliphatic hydroxyl groups is 1. The number of nitrogens with one attached hydrogen (secondary N) is 2. The summed E-state index contributed by atoms with van der Waals surface area (Å²) >= 11 is 0. The van der Waals surface area contributed by atoms with Crippen LogP contribution in [0, 0.1) is 5.82 Å². The van der Waals surface area contributed by atoms with E-state index in [-0.39, 0.29) is 23.8 Å². The molecule has 3 unspecified atom stereocenters. The van der Waals surface area contributed by atoms with Crippen molar-refractivity contribution in [1.29, 1.82) is 0 Å². The second-order valence-electron chi connectivity index (χ2n) is 12.0. The van der Waals surface area contributed by atoms with Gasteiger partial charge in [0, 0.05) is 81.1 Å². The second-order valence-corrected chi connectivity index (χ2v) is 12.0. The molecule has 2 aromatic heterocycles. The average molecular weight is 573 g/mol. The standard InChI is InChI=1S/C31H37FN8O2/c1-20-25-3-2-4-26(28(25)32)37-27-15-21(5-9-33-27)22-17-35-30(36-18-22)40-19-24(41)16-23(40)6-10-34-29(42)31(7-8-31)39-13-11-38(20)12-14-39/h2-5,9,15,17-18,20,23-24,41H,6-8,10-14,16,19H2,1H3,(H,33,37)(H,34,42). The van der Waals surface area contributed by atoms with Crippen LogP contribution in [0.2, 0.25) is 0 Å². The monoisotopic (exact) mass is 572 g/mol. The molecule has 1 saturated carbocycles. The van der Waals surface area contributed by atoms with Gasteiger partial charge in [-0.2, -0.15) is 0 Å². The molecule has 3 aromatic rings. The number of carbonyl (C=O) groups is 1. The summed E-state index contributed by atoms with van der Waals surface area (Å²) < 4.78 is 15.9. The fourth-order valence-electron chi connectivity index (χ4n) is 6.87. The fourth-order valence-corrected chi connectivity index (χ4v) is 6.87. The van der Waals surface area contributed by atoms with Crippen LogP contribution in [0.25, 0.3) is 11.1 Å². The number of aliphatic hydroxyl groups excluding tert-OH is 1. The van der Waals surface area contributed by atoms with Crippen LogP contribution in [0.15, 0.2) is 48.9 Å². The van der Waals surface area contributed by atoms with Gasteiger partial charge in [-0.1, -0.05) is 12.1 Å². The number of pyridine rings is 1. The predicted octanol–water partition coefficient (Wildman–Crippen LogP) is 3.09. The molecule has 8 heterocycles. The van der Waals surface area contributed by atoms with Crippen molar-refractivity contribution in [1.82, 2.24) is 30.1 Å². The van der Waals surface area contributed by atoms with Crippen LogP contribution >= 0.6 is 0 Å². The van der Waals surface area contributed by atoms with Crippen molar-refractivity contribution < 1.29 is 14.3 Å². The first kappa shape index (κ1) is 27.2. The van der Waals surface area contributed by atoms with Crippen molar-refractivity contribution in [2.24, 2.45) is 0 Å². The molecule has 3 atom stereocenters. The highest BCUT2D eigenvalue weighted by molar-refractivity contribution is 5.89. The third kappa shape index (κ3) is 4.99. The molecule has 1 amide bonds. The lowest BCUT2D eigenvalue weighted by Gasteiger charge is -2.41. The number of carbonyl (C=O) groups excluding carboxylic acids is 1. The lowest BCUT2D eigenvalue weighted by atomic mass is 10.0. The number of anilines is 3. The van der Waals surface area contributed by atoms with Gasteiger partial charge in [0.15, 0.2) is 5.82 Å². The normalized spacial score (nSPS) is 28.7. The van der Waals surface area contributed by atoms with Crippen molar-refractivity contribution in [2.75, 3.05) is 49.5 Å². The van der Waals surface area contributed by atoms with Gasteiger partial charge in [-0.25, -0.2) is 19.3 Å². The Hall–Kier alpha value is -3.67. The minimum atomic E-state index is -0.464. The summed E-state index contributed by atoms with van der Waals surface area (Å²) in [6.45, 7) is 6.11. The summed E-state index contributed by atoms with van der Waals surface area (Å²) in [4.78, 5) is 33.8. The van der Waals surface area contributed by atoms with Crippen molar-refractivity contribution in [3.63, 3.8) is 0 Å². The number of piperazine rings is 1. The van der Waals surface area contributed by atoms with Crippen LogP contribution in [-0.4, -0.2) is 92.7 Å². The zero-order valence-corrected chi connectivity index (χ0v) is 23.8. The summed E-state index contributed by atoms with van der Waals surface area (Å²) in [6, 6.07) is 9.11. The molecular weight excluding hydrogens is 535 g/mol. The van der Waals surface area contributed by atoms with Gasteiger partial charge < -0.3 is 20.6 Å². The van der Waals surface area contributed by atoms with Crippen molar-refractivity contribution in [3.8, 4) is 11.1 Å². The Morgan fingerprint density at radius 1 is 1.05 bits per heavy atom. The third-order valence-electron chi connectivity index (χ3n) is 9.50. The predicted molar refractivity (Wildman–Crippen MR) is 158 cm³/mol. The van der Waals surface area contributed by atoms with Gasteiger partial charge in [-0.15, -0.1) is 0 Å². The van der Waals surface area contributed by atoms with Crippen molar-refractivity contribution >= 4 is 23.4 Å². The minimum absolute atomic E-state index is 0.0366. The summed E-state index contributed by atoms with van der Waals surface area (Å²) in [7, 11) is 0. The first-order chi connectivity index (χ1) is 20.4. The molecule has 0 radical (unpaired) electrons. The molecule has 1 spiro atoms. The van der Waals surface area contributed by atoms with Gasteiger partial charge in [0.1, 0.15) is 11.4 Å². The molecular formula is C31H37FN8O2. The summed E-state index contributed by atoms with van der Waals surface area (Å²) in [6.07, 6.45) is 7.79. The first-order valence-electron chi connectivity index (χ1n) is 15.0. The number of hydrogen-bond donors (Lipinski definition) is 3. The Morgan fingerprint density at radius 3 is 2.60 bits per heavy atom. The quantitative estimate of drug-likeness (QED) is 0.374. The van der Waals surface area contributed by atoms with Crippen LogP contribution in [0.3, 0.4) is 0 Å². The smallest absolute Gasteiger partial charge is 0.240 e. The van der Waals surface area contributed by atoms with E-state index in [0.29, 0.717) is 48.9 Å². The average Bonchev–Trinajstić information content (AvgIpc) is 3.74. The van der Waals surface area contributed by atoms with Gasteiger partial charge in [0.25, 0.3) is 0 Å². The van der Waals surface area contributed by atoms with Gasteiger partial charge in [0.05, 0.1) is 11.8 Å². The molecule has 7 aliphatic rings. The number of amides is 1. The number of hydrogen-bond acceptors (Lipinski definition) is 9. The van der Waals surface area contributed by atoms with E-state index in [1.807, 2.05) is 36.1 Å². The van der Waals surface area contributed by atoms with E-state index in [0.717, 1.165) is 50.1 Å².